The number of benzene rings is 2. The number of aliphatic hydroxyl groups excluding tert-OH is 1. The second kappa shape index (κ2) is 8.81. The fourth-order valence-corrected chi connectivity index (χ4v) is 3.51. The van der Waals surface area contributed by atoms with Crippen molar-refractivity contribution in [2.24, 2.45) is 0 Å². The highest BCUT2D eigenvalue weighted by atomic mass is 19.1. The van der Waals surface area contributed by atoms with Crippen LogP contribution in [0.2, 0.25) is 0 Å². The molecule has 2 amide bonds. The molecule has 1 fully saturated rings. The van der Waals surface area contributed by atoms with Crippen molar-refractivity contribution in [2.75, 3.05) is 11.9 Å². The van der Waals surface area contributed by atoms with Crippen molar-refractivity contribution < 1.29 is 14.3 Å². The molecule has 0 radical (unpaired) electrons. The first-order valence-corrected chi connectivity index (χ1v) is 9.20. The maximum absolute atomic E-state index is 13.9. The number of urea groups is 1. The summed E-state index contributed by atoms with van der Waals surface area (Å²) in [5.41, 5.74) is 0.930. The largest absolute Gasteiger partial charge is 0.387 e. The van der Waals surface area contributed by atoms with Crippen LogP contribution in [-0.2, 0) is 0 Å². The minimum atomic E-state index is -0.774. The lowest BCUT2D eigenvalue weighted by atomic mass is 9.94. The van der Waals surface area contributed by atoms with Gasteiger partial charge in [-0.15, -0.1) is 0 Å². The second-order valence-electron chi connectivity index (χ2n) is 6.78. The Kier molecular flexibility index (Phi) is 6.23. The van der Waals surface area contributed by atoms with E-state index in [-0.39, 0.29) is 24.3 Å². The van der Waals surface area contributed by atoms with Gasteiger partial charge in [-0.25, -0.2) is 9.18 Å². The molecule has 0 aliphatic heterocycles. The highest BCUT2D eigenvalue weighted by molar-refractivity contribution is 5.89. The van der Waals surface area contributed by atoms with E-state index in [9.17, 15) is 14.3 Å². The number of hydrogen-bond acceptors (Lipinski definition) is 2. The van der Waals surface area contributed by atoms with Crippen molar-refractivity contribution in [1.29, 1.82) is 0 Å². The maximum Gasteiger partial charge on any atom is 0.322 e. The van der Waals surface area contributed by atoms with Crippen LogP contribution >= 0.6 is 0 Å². The first-order chi connectivity index (χ1) is 12.6. The van der Waals surface area contributed by atoms with Crippen LogP contribution in [0.15, 0.2) is 54.6 Å². The van der Waals surface area contributed by atoms with Gasteiger partial charge < -0.3 is 15.3 Å². The average Bonchev–Trinajstić information content (AvgIpc) is 2.69. The van der Waals surface area contributed by atoms with E-state index < -0.39 is 11.9 Å². The zero-order chi connectivity index (χ0) is 18.4. The van der Waals surface area contributed by atoms with Crippen LogP contribution in [-0.4, -0.2) is 28.6 Å². The van der Waals surface area contributed by atoms with E-state index in [1.165, 1.54) is 12.5 Å². The lowest BCUT2D eigenvalue weighted by molar-refractivity contribution is 0.0956. The third-order valence-corrected chi connectivity index (χ3v) is 4.95. The van der Waals surface area contributed by atoms with E-state index in [1.54, 1.807) is 23.1 Å². The number of halogens is 1. The number of aliphatic hydroxyl groups is 1. The number of carbonyl (C=O) groups is 1. The smallest absolute Gasteiger partial charge is 0.322 e. The molecule has 1 atom stereocenters. The number of anilines is 1. The van der Waals surface area contributed by atoms with Crippen LogP contribution in [0.4, 0.5) is 14.9 Å². The van der Waals surface area contributed by atoms with Gasteiger partial charge in [-0.05, 0) is 30.5 Å². The van der Waals surface area contributed by atoms with Gasteiger partial charge in [0.2, 0.25) is 0 Å². The van der Waals surface area contributed by atoms with Gasteiger partial charge >= 0.3 is 6.03 Å². The molecule has 0 spiro atoms. The Labute approximate surface area is 153 Å². The van der Waals surface area contributed by atoms with Crippen molar-refractivity contribution >= 4 is 11.7 Å². The predicted molar refractivity (Wildman–Crippen MR) is 100 cm³/mol. The first-order valence-electron chi connectivity index (χ1n) is 9.20. The summed E-state index contributed by atoms with van der Waals surface area (Å²) in [4.78, 5) is 14.5. The second-order valence-corrected chi connectivity index (χ2v) is 6.78. The molecule has 0 heterocycles. The molecule has 138 valence electrons. The lowest BCUT2D eigenvalue weighted by Gasteiger charge is -2.35. The predicted octanol–water partition coefficient (Wildman–Crippen LogP) is 4.73. The van der Waals surface area contributed by atoms with Crippen LogP contribution in [0.1, 0.15) is 43.8 Å². The molecule has 1 aliphatic carbocycles. The SMILES string of the molecule is O=C(Nc1ccccc1F)N(CC(O)c1ccccc1)C1CCCCC1. The summed E-state index contributed by atoms with van der Waals surface area (Å²) < 4.78 is 13.9. The molecule has 0 bridgehead atoms. The summed E-state index contributed by atoms with van der Waals surface area (Å²) >= 11 is 0. The Morgan fingerprint density at radius 1 is 1.08 bits per heavy atom. The van der Waals surface area contributed by atoms with Crippen molar-refractivity contribution in [3.05, 3.63) is 66.0 Å². The number of nitrogens with one attached hydrogen (secondary N) is 1. The van der Waals surface area contributed by atoms with Crippen molar-refractivity contribution in [3.8, 4) is 0 Å². The van der Waals surface area contributed by atoms with Gasteiger partial charge in [-0.3, -0.25) is 0 Å². The fraction of sp³-hybridized carbons (Fsp3) is 0.381. The van der Waals surface area contributed by atoms with Crippen LogP contribution in [0.3, 0.4) is 0 Å². The first kappa shape index (κ1) is 18.4. The summed E-state index contributed by atoms with van der Waals surface area (Å²) in [6.07, 6.45) is 4.34. The number of para-hydroxylation sites is 1. The van der Waals surface area contributed by atoms with Crippen molar-refractivity contribution in [3.63, 3.8) is 0 Å². The van der Waals surface area contributed by atoms with E-state index in [4.69, 9.17) is 0 Å². The zero-order valence-electron chi connectivity index (χ0n) is 14.8. The Bertz CT molecular complexity index is 717. The highest BCUT2D eigenvalue weighted by Crippen LogP contribution is 2.26. The molecule has 1 aliphatic rings. The van der Waals surface area contributed by atoms with Crippen molar-refractivity contribution in [2.45, 2.75) is 44.2 Å². The van der Waals surface area contributed by atoms with Crippen LogP contribution in [0, 0.1) is 5.82 Å². The third-order valence-electron chi connectivity index (χ3n) is 4.95. The number of amides is 2. The van der Waals surface area contributed by atoms with Gasteiger partial charge in [0.25, 0.3) is 0 Å². The van der Waals surface area contributed by atoms with E-state index in [2.05, 4.69) is 5.32 Å². The number of nitrogens with zero attached hydrogens (tertiary/aromatic N) is 1. The van der Waals surface area contributed by atoms with E-state index in [0.717, 1.165) is 31.2 Å². The van der Waals surface area contributed by atoms with Crippen molar-refractivity contribution in [1.82, 2.24) is 4.90 Å². The maximum atomic E-state index is 13.9. The standard InChI is InChI=1S/C21H25FN2O2/c22-18-13-7-8-14-19(18)23-21(26)24(17-11-5-2-6-12-17)15-20(25)16-9-3-1-4-10-16/h1,3-4,7-10,13-14,17,20,25H,2,5-6,11-12,15H2,(H,23,26). The summed E-state index contributed by atoms with van der Waals surface area (Å²) in [7, 11) is 0. The molecule has 1 unspecified atom stereocenters. The Balaban J connectivity index is 1.76. The number of rotatable bonds is 5. The molecule has 2 N–H and O–H groups in total. The van der Waals surface area contributed by atoms with Gasteiger partial charge in [0.1, 0.15) is 5.82 Å². The molecule has 3 rings (SSSR count). The van der Waals surface area contributed by atoms with E-state index >= 15 is 0 Å². The van der Waals surface area contributed by atoms with Crippen LogP contribution in [0.5, 0.6) is 0 Å². The van der Waals surface area contributed by atoms with Crippen LogP contribution in [0.25, 0.3) is 0 Å². The lowest BCUT2D eigenvalue weighted by Crippen LogP contribution is -2.46. The Morgan fingerprint density at radius 3 is 2.42 bits per heavy atom. The molecule has 0 aromatic heterocycles. The zero-order valence-corrected chi connectivity index (χ0v) is 14.8. The molecule has 2 aromatic rings. The minimum absolute atomic E-state index is 0.0638. The topological polar surface area (TPSA) is 52.6 Å². The van der Waals surface area contributed by atoms with Crippen LogP contribution < -0.4 is 5.32 Å². The van der Waals surface area contributed by atoms with E-state index in [0.29, 0.717) is 0 Å². The quantitative estimate of drug-likeness (QED) is 0.814. The molecule has 1 saturated carbocycles. The molecule has 2 aromatic carbocycles. The summed E-state index contributed by atoms with van der Waals surface area (Å²) in [5, 5.41) is 13.3. The number of hydrogen-bond donors (Lipinski definition) is 2. The highest BCUT2D eigenvalue weighted by Gasteiger charge is 2.28. The molecular weight excluding hydrogens is 331 g/mol. The summed E-state index contributed by atoms with van der Waals surface area (Å²) in [6.45, 7) is 0.189. The Hall–Kier alpha value is -2.40. The third kappa shape index (κ3) is 4.61. The van der Waals surface area contributed by atoms with Gasteiger partial charge in [0.15, 0.2) is 0 Å². The van der Waals surface area contributed by atoms with Gasteiger partial charge in [0, 0.05) is 6.04 Å². The van der Waals surface area contributed by atoms with Gasteiger partial charge in [-0.1, -0.05) is 61.7 Å². The van der Waals surface area contributed by atoms with Gasteiger partial charge in [-0.2, -0.15) is 0 Å². The molecule has 26 heavy (non-hydrogen) atoms. The summed E-state index contributed by atoms with van der Waals surface area (Å²) in [5.74, 6) is -0.465. The summed E-state index contributed by atoms with van der Waals surface area (Å²) in [6, 6.07) is 15.1. The van der Waals surface area contributed by atoms with E-state index in [1.807, 2.05) is 30.3 Å². The van der Waals surface area contributed by atoms with Gasteiger partial charge in [0.05, 0.1) is 18.3 Å². The minimum Gasteiger partial charge on any atom is -0.387 e. The number of carbonyl (C=O) groups excluding carboxylic acids is 1. The average molecular weight is 356 g/mol. The molecule has 5 heteroatoms. The monoisotopic (exact) mass is 356 g/mol. The fourth-order valence-electron chi connectivity index (χ4n) is 3.51. The molecule has 4 nitrogen and oxygen atoms in total. The normalized spacial score (nSPS) is 16.1. The Morgan fingerprint density at radius 2 is 1.73 bits per heavy atom. The molecular formula is C21H25FN2O2. The molecule has 0 saturated heterocycles.